The van der Waals surface area contributed by atoms with E-state index in [0.29, 0.717) is 37.6 Å². The van der Waals surface area contributed by atoms with Crippen molar-refractivity contribution in [3.05, 3.63) is 52.1 Å². The van der Waals surface area contributed by atoms with Crippen LogP contribution in [0.5, 0.6) is 28.7 Å². The lowest BCUT2D eigenvalue weighted by molar-refractivity contribution is -0.0814. The van der Waals surface area contributed by atoms with Gasteiger partial charge in [-0.2, -0.15) is 5.26 Å². The first-order valence-electron chi connectivity index (χ1n) is 15.9. The fraction of sp³-hybridized carbons (Fsp3) is 0.571. The summed E-state index contributed by atoms with van der Waals surface area (Å²) in [6, 6.07) is 3.68. The molecule has 5 atom stereocenters. The standard InChI is InChI=1S/C35H47N3O6Si/c1-11-12-41-32-20(3)33-34(43-18-42-33)28-22(32)15-24-29-27-21(13-19(2)31(40-8)30(27)39)14-23(37(29)7)25(16-36)38(24)26(28)17-44-45(9,10)35(4,5)6/h11,13,23-26,29,39H,1,12,14-15,17-18H2,2-10H3/t23-,24?,25-,26-,29-/m0/s1. The second-order valence-corrected chi connectivity index (χ2v) is 19.2. The Kier molecular flexibility index (Phi) is 7.92. The Morgan fingerprint density at radius 1 is 1.13 bits per heavy atom. The number of nitriles is 1. The monoisotopic (exact) mass is 633 g/mol. The van der Waals surface area contributed by atoms with E-state index in [9.17, 15) is 10.4 Å². The van der Waals surface area contributed by atoms with Crippen molar-refractivity contribution >= 4 is 8.32 Å². The highest BCUT2D eigenvalue weighted by molar-refractivity contribution is 6.74. The van der Waals surface area contributed by atoms with Gasteiger partial charge >= 0.3 is 0 Å². The van der Waals surface area contributed by atoms with Gasteiger partial charge in [-0.3, -0.25) is 9.80 Å². The van der Waals surface area contributed by atoms with Gasteiger partial charge in [0.1, 0.15) is 18.4 Å². The minimum Gasteiger partial charge on any atom is -0.504 e. The summed E-state index contributed by atoms with van der Waals surface area (Å²) in [5.41, 5.74) is 5.75. The Morgan fingerprint density at radius 3 is 2.49 bits per heavy atom. The van der Waals surface area contributed by atoms with Crippen LogP contribution in [-0.2, 0) is 17.3 Å². The second kappa shape index (κ2) is 11.2. The van der Waals surface area contributed by atoms with E-state index in [-0.39, 0.29) is 41.7 Å². The molecule has 2 aromatic rings. The molecule has 4 aliphatic heterocycles. The Morgan fingerprint density at radius 2 is 1.84 bits per heavy atom. The van der Waals surface area contributed by atoms with Crippen molar-refractivity contribution in [1.29, 1.82) is 5.26 Å². The molecule has 242 valence electrons. The fourth-order valence-corrected chi connectivity index (χ4v) is 8.84. The molecule has 1 unspecified atom stereocenters. The minimum absolute atomic E-state index is 0.00334. The molecular weight excluding hydrogens is 586 g/mol. The molecule has 1 N–H and O–H groups in total. The number of phenolic OH excluding ortho intramolecular Hbond substituents is 1. The van der Waals surface area contributed by atoms with Gasteiger partial charge in [-0.25, -0.2) is 0 Å². The number of aryl methyl sites for hydroxylation is 1. The van der Waals surface area contributed by atoms with E-state index in [2.05, 4.69) is 69.4 Å². The Bertz CT molecular complexity index is 1580. The number of hydrogen-bond acceptors (Lipinski definition) is 9. The average molecular weight is 634 g/mol. The van der Waals surface area contributed by atoms with Gasteiger partial charge in [-0.15, -0.1) is 0 Å². The number of rotatable bonds is 7. The van der Waals surface area contributed by atoms with Crippen molar-refractivity contribution in [2.45, 2.75) is 95.8 Å². The van der Waals surface area contributed by atoms with Crippen molar-refractivity contribution in [2.24, 2.45) is 0 Å². The summed E-state index contributed by atoms with van der Waals surface area (Å²) in [4.78, 5) is 4.67. The first kappa shape index (κ1) is 31.7. The zero-order valence-corrected chi connectivity index (χ0v) is 29.1. The molecule has 2 bridgehead atoms. The summed E-state index contributed by atoms with van der Waals surface area (Å²) in [6.07, 6.45) is 2.98. The molecule has 0 amide bonds. The van der Waals surface area contributed by atoms with E-state index in [1.165, 1.54) is 0 Å². The second-order valence-electron chi connectivity index (χ2n) is 14.4. The van der Waals surface area contributed by atoms with Crippen molar-refractivity contribution in [1.82, 2.24) is 9.80 Å². The number of aromatic hydroxyl groups is 1. The lowest BCUT2D eigenvalue weighted by Gasteiger charge is -2.60. The van der Waals surface area contributed by atoms with Gasteiger partial charge in [0.15, 0.2) is 31.3 Å². The third-order valence-corrected chi connectivity index (χ3v) is 15.5. The summed E-state index contributed by atoms with van der Waals surface area (Å²) in [5, 5.41) is 22.7. The van der Waals surface area contributed by atoms with Gasteiger partial charge in [0.25, 0.3) is 0 Å². The Hall–Kier alpha value is -3.23. The molecule has 1 fully saturated rings. The maximum atomic E-state index is 11.7. The average Bonchev–Trinajstić information content (AvgIpc) is 3.46. The maximum absolute atomic E-state index is 11.7. The summed E-state index contributed by atoms with van der Waals surface area (Å²) in [5.74, 6) is 2.86. The predicted octanol–water partition coefficient (Wildman–Crippen LogP) is 6.10. The molecule has 0 aliphatic carbocycles. The first-order chi connectivity index (χ1) is 21.3. The topological polar surface area (TPSA) is 96.7 Å². The van der Waals surface area contributed by atoms with Crippen LogP contribution < -0.4 is 18.9 Å². The van der Waals surface area contributed by atoms with Gasteiger partial charge in [0, 0.05) is 34.3 Å². The third-order valence-electron chi connectivity index (χ3n) is 11.0. The molecule has 6 rings (SSSR count). The molecule has 0 radical (unpaired) electrons. The van der Waals surface area contributed by atoms with Crippen LogP contribution in [0.1, 0.15) is 66.2 Å². The molecule has 0 saturated carbocycles. The highest BCUT2D eigenvalue weighted by atomic mass is 28.4. The smallest absolute Gasteiger partial charge is 0.231 e. The van der Waals surface area contributed by atoms with Gasteiger partial charge in [-0.05, 0) is 63.0 Å². The molecule has 0 aromatic heterocycles. The lowest BCUT2D eigenvalue weighted by atomic mass is 9.71. The number of phenols is 1. The largest absolute Gasteiger partial charge is 0.504 e. The highest BCUT2D eigenvalue weighted by Crippen LogP contribution is 2.58. The maximum Gasteiger partial charge on any atom is 0.231 e. The summed E-state index contributed by atoms with van der Waals surface area (Å²) < 4.78 is 31.4. The van der Waals surface area contributed by atoms with E-state index in [4.69, 9.17) is 23.4 Å². The molecule has 0 spiro atoms. The Balaban J connectivity index is 1.60. The molecule has 4 heterocycles. The fourth-order valence-electron chi connectivity index (χ4n) is 7.83. The van der Waals surface area contributed by atoms with Crippen LogP contribution in [0.4, 0.5) is 0 Å². The minimum atomic E-state index is -2.19. The van der Waals surface area contributed by atoms with Crippen LogP contribution in [0.2, 0.25) is 18.1 Å². The normalized spacial score (nSPS) is 25.6. The number of nitrogens with zero attached hydrogens (tertiary/aromatic N) is 3. The van der Waals surface area contributed by atoms with Crippen LogP contribution in [0.3, 0.4) is 0 Å². The van der Waals surface area contributed by atoms with Crippen molar-refractivity contribution in [3.63, 3.8) is 0 Å². The van der Waals surface area contributed by atoms with E-state index >= 15 is 0 Å². The van der Waals surface area contributed by atoms with Crippen molar-refractivity contribution in [3.8, 4) is 34.8 Å². The SMILES string of the molecule is C=CCOc1c(C)c2c(c3c1CC1[C@H]4c5c(cc(C)c(OC)c5O)C[C@@H]([C@H](C#N)N1[C@H]3CO[Si](C)(C)C(C)(C)C)N4C)OCO2. The molecule has 10 heteroatoms. The zero-order chi connectivity index (χ0) is 32.6. The van der Waals surface area contributed by atoms with Gasteiger partial charge in [0.2, 0.25) is 6.79 Å². The van der Waals surface area contributed by atoms with Crippen LogP contribution in [0.15, 0.2) is 18.7 Å². The van der Waals surface area contributed by atoms with E-state index in [1.54, 1.807) is 13.2 Å². The van der Waals surface area contributed by atoms with Crippen molar-refractivity contribution < 1.29 is 28.5 Å². The van der Waals surface area contributed by atoms with Crippen LogP contribution >= 0.6 is 0 Å². The Labute approximate surface area is 268 Å². The van der Waals surface area contributed by atoms with Gasteiger partial charge in [-0.1, -0.05) is 39.5 Å². The first-order valence-corrected chi connectivity index (χ1v) is 18.8. The summed E-state index contributed by atoms with van der Waals surface area (Å²) >= 11 is 0. The zero-order valence-electron chi connectivity index (χ0n) is 28.1. The number of methoxy groups -OCH3 is 1. The molecule has 45 heavy (non-hydrogen) atoms. The molecule has 2 aromatic carbocycles. The summed E-state index contributed by atoms with van der Waals surface area (Å²) in [7, 11) is 1.50. The molecule has 1 saturated heterocycles. The summed E-state index contributed by atoms with van der Waals surface area (Å²) in [6.45, 7) is 20.0. The predicted molar refractivity (Wildman–Crippen MR) is 175 cm³/mol. The molecular formula is C35H47N3O6Si. The number of likely N-dealkylation sites (N-methyl/N-ethyl adjacent to an activating group) is 1. The van der Waals surface area contributed by atoms with Crippen LogP contribution in [-0.4, -0.2) is 75.5 Å². The number of piperazine rings is 1. The molecule has 4 aliphatic rings. The number of benzene rings is 2. The van der Waals surface area contributed by atoms with E-state index < -0.39 is 14.4 Å². The molecule has 9 nitrogen and oxygen atoms in total. The number of ether oxygens (including phenoxy) is 4. The highest BCUT2D eigenvalue weighted by Gasteiger charge is 2.57. The quantitative estimate of drug-likeness (QED) is 0.286. The van der Waals surface area contributed by atoms with Crippen molar-refractivity contribution in [2.75, 3.05) is 34.2 Å². The van der Waals surface area contributed by atoms with E-state index in [1.807, 2.05) is 13.8 Å². The number of hydrogen-bond donors (Lipinski definition) is 1. The van der Waals surface area contributed by atoms with Gasteiger partial charge < -0.3 is 28.5 Å². The third kappa shape index (κ3) is 4.73. The van der Waals surface area contributed by atoms with Gasteiger partial charge in [0.05, 0.1) is 31.9 Å². The lowest BCUT2D eigenvalue weighted by Crippen LogP contribution is -2.68. The van der Waals surface area contributed by atoms with Crippen LogP contribution in [0.25, 0.3) is 0 Å². The van der Waals surface area contributed by atoms with Crippen LogP contribution in [0, 0.1) is 25.2 Å². The van der Waals surface area contributed by atoms with E-state index in [0.717, 1.165) is 44.9 Å². The number of fused-ring (bicyclic) bond motifs is 9.